The zero-order valence-electron chi connectivity index (χ0n) is 24.0. The zero-order chi connectivity index (χ0) is 30.5. The van der Waals surface area contributed by atoms with Crippen molar-refractivity contribution in [2.24, 2.45) is 0 Å². The number of aromatic nitrogens is 5. The van der Waals surface area contributed by atoms with Crippen LogP contribution in [0.4, 0.5) is 17.7 Å². The van der Waals surface area contributed by atoms with Gasteiger partial charge in [-0.1, -0.05) is 42.5 Å². The Morgan fingerprint density at radius 3 is 2.14 bits per heavy atom. The summed E-state index contributed by atoms with van der Waals surface area (Å²) in [5, 5.41) is 17.6. The highest BCUT2D eigenvalue weighted by Crippen LogP contribution is 2.34. The average molecular weight is 648 g/mol. The minimum atomic E-state index is 0.365. The van der Waals surface area contributed by atoms with Crippen LogP contribution in [0.3, 0.4) is 0 Å². The van der Waals surface area contributed by atoms with Crippen LogP contribution in [0.15, 0.2) is 102 Å². The molecular formula is C33H27BrN8O2. The summed E-state index contributed by atoms with van der Waals surface area (Å²) in [4.78, 5) is 16.5. The maximum atomic E-state index is 9.59. The Bertz CT molecular complexity index is 1890. The Kier molecular flexibility index (Phi) is 8.34. The highest BCUT2D eigenvalue weighted by atomic mass is 79.9. The normalized spacial score (nSPS) is 10.8. The molecule has 6 rings (SSSR count). The SMILES string of the molecule is COc1ccc(CN(Cc2ccc(OC)cc2)c2nc(-c3cccc(C#N)c3)c(Br)c3nc(Nc4ccccn4)nn23)cc1. The zero-order valence-corrected chi connectivity index (χ0v) is 25.6. The molecule has 1 N–H and O–H groups in total. The summed E-state index contributed by atoms with van der Waals surface area (Å²) in [6.45, 7) is 1.03. The first-order chi connectivity index (χ1) is 21.5. The summed E-state index contributed by atoms with van der Waals surface area (Å²) in [5.74, 6) is 3.10. The lowest BCUT2D eigenvalue weighted by atomic mass is 10.1. The van der Waals surface area contributed by atoms with Gasteiger partial charge in [-0.3, -0.25) is 0 Å². The summed E-state index contributed by atoms with van der Waals surface area (Å²) < 4.78 is 13.1. The third kappa shape index (κ3) is 6.16. The molecule has 0 atom stereocenters. The molecule has 10 nitrogen and oxygen atoms in total. The third-order valence-electron chi connectivity index (χ3n) is 6.93. The lowest BCUT2D eigenvalue weighted by Gasteiger charge is -2.25. The van der Waals surface area contributed by atoms with Gasteiger partial charge in [-0.15, -0.1) is 5.10 Å². The van der Waals surface area contributed by atoms with E-state index >= 15 is 0 Å². The first-order valence-electron chi connectivity index (χ1n) is 13.7. The molecule has 0 aliphatic rings. The topological polar surface area (TPSA) is 113 Å². The first kappa shape index (κ1) is 28.6. The Morgan fingerprint density at radius 2 is 1.55 bits per heavy atom. The molecule has 0 spiro atoms. The number of fused-ring (bicyclic) bond motifs is 1. The van der Waals surface area contributed by atoms with Gasteiger partial charge in [0, 0.05) is 24.8 Å². The molecule has 0 radical (unpaired) electrons. The summed E-state index contributed by atoms with van der Waals surface area (Å²) in [6, 6.07) is 31.0. The van der Waals surface area contributed by atoms with Gasteiger partial charge >= 0.3 is 0 Å². The average Bonchev–Trinajstić information content (AvgIpc) is 3.50. The second-order valence-corrected chi connectivity index (χ2v) is 10.6. The van der Waals surface area contributed by atoms with Gasteiger partial charge in [-0.25, -0.2) is 9.97 Å². The lowest BCUT2D eigenvalue weighted by molar-refractivity contribution is 0.414. The summed E-state index contributed by atoms with van der Waals surface area (Å²) >= 11 is 3.75. The maximum absolute atomic E-state index is 9.59. The van der Waals surface area contributed by atoms with Crippen LogP contribution in [0.2, 0.25) is 0 Å². The van der Waals surface area contributed by atoms with E-state index < -0.39 is 0 Å². The number of methoxy groups -OCH3 is 2. The van der Waals surface area contributed by atoms with Gasteiger partial charge in [0.05, 0.1) is 36.0 Å². The molecule has 0 aliphatic heterocycles. The van der Waals surface area contributed by atoms with Gasteiger partial charge in [-0.2, -0.15) is 14.8 Å². The predicted octanol–water partition coefficient (Wildman–Crippen LogP) is 6.79. The van der Waals surface area contributed by atoms with E-state index in [2.05, 4.69) is 37.2 Å². The number of rotatable bonds is 10. The van der Waals surface area contributed by atoms with Gasteiger partial charge in [0.1, 0.15) is 17.3 Å². The highest BCUT2D eigenvalue weighted by Gasteiger charge is 2.23. The summed E-state index contributed by atoms with van der Waals surface area (Å²) in [5.41, 5.74) is 4.60. The molecule has 0 bridgehead atoms. The van der Waals surface area contributed by atoms with Gasteiger partial charge in [0.15, 0.2) is 5.65 Å². The van der Waals surface area contributed by atoms with E-state index in [0.717, 1.165) is 28.2 Å². The molecule has 0 aliphatic carbocycles. The summed E-state index contributed by atoms with van der Waals surface area (Å²) in [7, 11) is 3.30. The van der Waals surface area contributed by atoms with E-state index in [0.29, 0.717) is 52.2 Å². The molecule has 218 valence electrons. The maximum Gasteiger partial charge on any atom is 0.248 e. The van der Waals surface area contributed by atoms with Crippen molar-refractivity contribution >= 4 is 39.3 Å². The fourth-order valence-electron chi connectivity index (χ4n) is 4.73. The Balaban J connectivity index is 1.52. The second kappa shape index (κ2) is 12.8. The van der Waals surface area contributed by atoms with E-state index in [9.17, 15) is 5.26 Å². The number of pyridine rings is 1. The van der Waals surface area contributed by atoms with Crippen LogP contribution in [-0.4, -0.2) is 38.8 Å². The molecule has 0 saturated heterocycles. The Hall–Kier alpha value is -5.47. The molecule has 0 saturated carbocycles. The van der Waals surface area contributed by atoms with E-state index in [1.165, 1.54) is 0 Å². The number of hydrogen-bond acceptors (Lipinski definition) is 9. The third-order valence-corrected chi connectivity index (χ3v) is 7.66. The minimum Gasteiger partial charge on any atom is -0.497 e. The molecular weight excluding hydrogens is 620 g/mol. The van der Waals surface area contributed by atoms with Crippen molar-refractivity contribution < 1.29 is 9.47 Å². The van der Waals surface area contributed by atoms with Gasteiger partial charge in [0.25, 0.3) is 0 Å². The number of ether oxygens (including phenoxy) is 2. The monoisotopic (exact) mass is 646 g/mol. The van der Waals surface area contributed by atoms with Crippen molar-refractivity contribution in [1.82, 2.24) is 24.6 Å². The molecule has 0 amide bonds. The number of anilines is 3. The quantitative estimate of drug-likeness (QED) is 0.172. The van der Waals surface area contributed by atoms with E-state index in [1.54, 1.807) is 31.0 Å². The van der Waals surface area contributed by atoms with Crippen molar-refractivity contribution in [3.05, 3.63) is 118 Å². The van der Waals surface area contributed by atoms with Crippen molar-refractivity contribution in [2.45, 2.75) is 13.1 Å². The molecule has 3 aromatic heterocycles. The van der Waals surface area contributed by atoms with Gasteiger partial charge in [0.2, 0.25) is 11.9 Å². The number of nitrogens with one attached hydrogen (secondary N) is 1. The Morgan fingerprint density at radius 1 is 0.864 bits per heavy atom. The molecule has 0 fully saturated rings. The largest absolute Gasteiger partial charge is 0.497 e. The standard InChI is InChI=1S/C33H27BrN8O2/c1-43-26-13-9-22(10-14-26)20-41(21-23-11-15-27(44-2)16-12-23)33-38-30(25-7-5-6-24(18-25)19-35)29(34)31-39-32(40-42(31)33)37-28-8-3-4-17-36-28/h3-18H,20-21H2,1-2H3,(H,36,37,40). The van der Waals surface area contributed by atoms with Gasteiger partial charge < -0.3 is 19.7 Å². The molecule has 44 heavy (non-hydrogen) atoms. The minimum absolute atomic E-state index is 0.365. The van der Waals surface area contributed by atoms with Crippen LogP contribution in [0.5, 0.6) is 11.5 Å². The number of hydrogen-bond donors (Lipinski definition) is 1. The van der Waals surface area contributed by atoms with Crippen molar-refractivity contribution in [3.63, 3.8) is 0 Å². The number of nitriles is 1. The Labute approximate surface area is 262 Å². The predicted molar refractivity (Wildman–Crippen MR) is 172 cm³/mol. The van der Waals surface area contributed by atoms with Crippen LogP contribution in [0.25, 0.3) is 16.9 Å². The van der Waals surface area contributed by atoms with Crippen LogP contribution in [0, 0.1) is 11.3 Å². The van der Waals surface area contributed by atoms with E-state index in [4.69, 9.17) is 24.5 Å². The molecule has 3 aromatic carbocycles. The second-order valence-electron chi connectivity index (χ2n) is 9.83. The van der Waals surface area contributed by atoms with Crippen molar-refractivity contribution in [3.8, 4) is 28.8 Å². The van der Waals surface area contributed by atoms with Gasteiger partial charge in [-0.05, 0) is 75.6 Å². The molecule has 3 heterocycles. The van der Waals surface area contributed by atoms with E-state index in [1.807, 2.05) is 84.9 Å². The smallest absolute Gasteiger partial charge is 0.248 e. The molecule has 11 heteroatoms. The van der Waals surface area contributed by atoms with Crippen LogP contribution < -0.4 is 19.7 Å². The lowest BCUT2D eigenvalue weighted by Crippen LogP contribution is -2.26. The molecule has 6 aromatic rings. The number of nitrogens with zero attached hydrogens (tertiary/aromatic N) is 7. The highest BCUT2D eigenvalue weighted by molar-refractivity contribution is 9.10. The number of halogens is 1. The van der Waals surface area contributed by atoms with Crippen LogP contribution in [0.1, 0.15) is 16.7 Å². The molecule has 0 unspecified atom stereocenters. The van der Waals surface area contributed by atoms with E-state index in [-0.39, 0.29) is 0 Å². The fourth-order valence-corrected chi connectivity index (χ4v) is 5.31. The van der Waals surface area contributed by atoms with Crippen LogP contribution in [-0.2, 0) is 13.1 Å². The fraction of sp³-hybridized carbons (Fsp3) is 0.121. The number of benzene rings is 3. The van der Waals surface area contributed by atoms with Crippen LogP contribution >= 0.6 is 15.9 Å². The van der Waals surface area contributed by atoms with Crippen molar-refractivity contribution in [1.29, 1.82) is 5.26 Å². The summed E-state index contributed by atoms with van der Waals surface area (Å²) in [6.07, 6.45) is 1.70. The van der Waals surface area contributed by atoms with Crippen molar-refractivity contribution in [2.75, 3.05) is 24.4 Å². The first-order valence-corrected chi connectivity index (χ1v) is 14.5.